The molecule has 6 heteroatoms. The Balaban J connectivity index is 2.04. The summed E-state index contributed by atoms with van der Waals surface area (Å²) in [6, 6.07) is 6.91. The first kappa shape index (κ1) is 14.6. The first-order chi connectivity index (χ1) is 10.5. The molecule has 6 nitrogen and oxygen atoms in total. The summed E-state index contributed by atoms with van der Waals surface area (Å²) >= 11 is 0. The molecule has 2 unspecified atom stereocenters. The average Bonchev–Trinajstić information content (AvgIpc) is 2.84. The maximum atomic E-state index is 12.6. The van der Waals surface area contributed by atoms with Crippen LogP contribution in [0.5, 0.6) is 0 Å². The highest BCUT2D eigenvalue weighted by atomic mass is 16.4. The van der Waals surface area contributed by atoms with Gasteiger partial charge in [0.1, 0.15) is 11.9 Å². The molecule has 0 fully saturated rings. The molecule has 0 radical (unpaired) electrons. The van der Waals surface area contributed by atoms with Crippen molar-refractivity contribution < 1.29 is 9.90 Å². The molecular weight excluding hydrogens is 282 g/mol. The van der Waals surface area contributed by atoms with Crippen LogP contribution in [0, 0.1) is 6.92 Å². The number of rotatable bonds is 3. The summed E-state index contributed by atoms with van der Waals surface area (Å²) in [5.41, 5.74) is 1.79. The van der Waals surface area contributed by atoms with Crippen LogP contribution in [0.15, 0.2) is 29.1 Å². The van der Waals surface area contributed by atoms with Crippen molar-refractivity contribution in [2.45, 2.75) is 45.2 Å². The fraction of sp³-hybridized carbons (Fsp3) is 0.438. The number of benzene rings is 1. The highest BCUT2D eigenvalue weighted by Gasteiger charge is 2.31. The van der Waals surface area contributed by atoms with Crippen molar-refractivity contribution in [1.29, 1.82) is 0 Å². The number of aliphatic carboxylic acids is 1. The summed E-state index contributed by atoms with van der Waals surface area (Å²) < 4.78 is 2.75. The first-order valence-corrected chi connectivity index (χ1v) is 7.48. The van der Waals surface area contributed by atoms with E-state index in [2.05, 4.69) is 5.10 Å². The van der Waals surface area contributed by atoms with Gasteiger partial charge in [-0.1, -0.05) is 29.8 Å². The van der Waals surface area contributed by atoms with E-state index in [4.69, 9.17) is 0 Å². The van der Waals surface area contributed by atoms with Crippen molar-refractivity contribution in [1.82, 2.24) is 14.3 Å². The lowest BCUT2D eigenvalue weighted by atomic mass is 10.1. The van der Waals surface area contributed by atoms with E-state index in [9.17, 15) is 14.7 Å². The third-order valence-electron chi connectivity index (χ3n) is 4.30. The lowest BCUT2D eigenvalue weighted by Crippen LogP contribution is -2.35. The van der Waals surface area contributed by atoms with E-state index >= 15 is 0 Å². The molecule has 0 amide bonds. The van der Waals surface area contributed by atoms with E-state index in [0.29, 0.717) is 18.7 Å². The molecule has 22 heavy (non-hydrogen) atoms. The smallest absolute Gasteiger partial charge is 0.347 e. The van der Waals surface area contributed by atoms with Crippen LogP contribution in [0.2, 0.25) is 0 Å². The summed E-state index contributed by atoms with van der Waals surface area (Å²) in [6.45, 7) is 3.91. The Morgan fingerprint density at radius 3 is 2.68 bits per heavy atom. The Hall–Kier alpha value is -2.37. The number of carboxylic acids is 1. The number of hydrogen-bond acceptors (Lipinski definition) is 3. The summed E-state index contributed by atoms with van der Waals surface area (Å²) in [6.07, 6.45) is 1.87. The fourth-order valence-corrected chi connectivity index (χ4v) is 2.97. The standard InChI is InChI=1S/C16H19N3O3/c1-10-6-8-12(9-7-10)11(2)19-16(22)18-13(15(20)21)4-3-5-14(18)17-19/h6-9,11,13H,3-5H2,1-2H3,(H,20,21). The van der Waals surface area contributed by atoms with E-state index in [1.54, 1.807) is 0 Å². The van der Waals surface area contributed by atoms with Crippen LogP contribution >= 0.6 is 0 Å². The van der Waals surface area contributed by atoms with Crippen molar-refractivity contribution in [2.75, 3.05) is 0 Å². The molecule has 2 heterocycles. The van der Waals surface area contributed by atoms with Gasteiger partial charge < -0.3 is 5.11 Å². The Bertz CT molecular complexity index is 758. The molecule has 0 spiro atoms. The largest absolute Gasteiger partial charge is 0.480 e. The lowest BCUT2D eigenvalue weighted by Gasteiger charge is -2.19. The van der Waals surface area contributed by atoms with Gasteiger partial charge in [0.15, 0.2) is 0 Å². The van der Waals surface area contributed by atoms with Crippen molar-refractivity contribution in [3.63, 3.8) is 0 Å². The van der Waals surface area contributed by atoms with Crippen LogP contribution in [-0.4, -0.2) is 25.4 Å². The van der Waals surface area contributed by atoms with Crippen LogP contribution < -0.4 is 5.69 Å². The third kappa shape index (κ3) is 2.34. The van der Waals surface area contributed by atoms with Crippen LogP contribution in [0.4, 0.5) is 0 Å². The molecule has 2 aromatic rings. The molecule has 1 aromatic heterocycles. The second kappa shape index (κ2) is 5.44. The van der Waals surface area contributed by atoms with E-state index in [0.717, 1.165) is 17.5 Å². The number of carbonyl (C=O) groups is 1. The van der Waals surface area contributed by atoms with Crippen LogP contribution in [0.1, 0.15) is 48.8 Å². The first-order valence-electron chi connectivity index (χ1n) is 7.48. The molecule has 0 saturated heterocycles. The predicted octanol–water partition coefficient (Wildman–Crippen LogP) is 1.92. The van der Waals surface area contributed by atoms with Gasteiger partial charge in [-0.2, -0.15) is 5.10 Å². The SMILES string of the molecule is Cc1ccc(C(C)n2nc3n(c2=O)C(C(=O)O)CCC3)cc1. The van der Waals surface area contributed by atoms with Crippen LogP contribution in [-0.2, 0) is 11.2 Å². The van der Waals surface area contributed by atoms with Gasteiger partial charge in [-0.3, -0.25) is 4.57 Å². The molecule has 2 atom stereocenters. The number of fused-ring (bicyclic) bond motifs is 1. The molecule has 3 rings (SSSR count). The fourth-order valence-electron chi connectivity index (χ4n) is 2.97. The molecular formula is C16H19N3O3. The van der Waals surface area contributed by atoms with E-state index in [-0.39, 0.29) is 11.7 Å². The van der Waals surface area contributed by atoms with E-state index in [1.165, 1.54) is 9.25 Å². The van der Waals surface area contributed by atoms with E-state index < -0.39 is 12.0 Å². The van der Waals surface area contributed by atoms with Crippen molar-refractivity contribution in [2.24, 2.45) is 0 Å². The molecule has 1 N–H and O–H groups in total. The Morgan fingerprint density at radius 2 is 2.05 bits per heavy atom. The molecule has 1 aliphatic rings. The zero-order valence-corrected chi connectivity index (χ0v) is 12.7. The predicted molar refractivity (Wildman–Crippen MR) is 81.1 cm³/mol. The minimum absolute atomic E-state index is 0.222. The van der Waals surface area contributed by atoms with Gasteiger partial charge in [0.2, 0.25) is 0 Å². The topological polar surface area (TPSA) is 77.1 Å². The van der Waals surface area contributed by atoms with Gasteiger partial charge in [0, 0.05) is 6.42 Å². The zero-order valence-electron chi connectivity index (χ0n) is 12.7. The molecule has 116 valence electrons. The van der Waals surface area contributed by atoms with Crippen molar-refractivity contribution >= 4 is 5.97 Å². The number of aromatic nitrogens is 3. The highest BCUT2D eigenvalue weighted by Crippen LogP contribution is 2.23. The van der Waals surface area contributed by atoms with E-state index in [1.807, 2.05) is 38.1 Å². The second-order valence-corrected chi connectivity index (χ2v) is 5.85. The maximum Gasteiger partial charge on any atom is 0.347 e. The number of nitrogens with zero attached hydrogens (tertiary/aromatic N) is 3. The number of hydrogen-bond donors (Lipinski definition) is 1. The summed E-state index contributed by atoms with van der Waals surface area (Å²) in [5.74, 6) is -0.395. The van der Waals surface area contributed by atoms with Gasteiger partial charge in [0.25, 0.3) is 0 Å². The highest BCUT2D eigenvalue weighted by molar-refractivity contribution is 5.72. The Kier molecular flexibility index (Phi) is 3.60. The molecule has 0 saturated carbocycles. The van der Waals surface area contributed by atoms with Gasteiger partial charge >= 0.3 is 11.7 Å². The van der Waals surface area contributed by atoms with Crippen molar-refractivity contribution in [3.8, 4) is 0 Å². The number of aryl methyl sites for hydroxylation is 2. The van der Waals surface area contributed by atoms with Gasteiger partial charge in [0.05, 0.1) is 6.04 Å². The van der Waals surface area contributed by atoms with Crippen molar-refractivity contribution in [3.05, 3.63) is 51.7 Å². The zero-order chi connectivity index (χ0) is 15.9. The minimum atomic E-state index is -0.967. The van der Waals surface area contributed by atoms with Gasteiger partial charge in [-0.25, -0.2) is 14.3 Å². The van der Waals surface area contributed by atoms with Gasteiger partial charge in [-0.05, 0) is 32.3 Å². The summed E-state index contributed by atoms with van der Waals surface area (Å²) in [4.78, 5) is 24.0. The Morgan fingerprint density at radius 1 is 1.36 bits per heavy atom. The molecule has 1 aromatic carbocycles. The molecule has 1 aliphatic heterocycles. The van der Waals surface area contributed by atoms with Gasteiger partial charge in [-0.15, -0.1) is 0 Å². The maximum absolute atomic E-state index is 12.6. The minimum Gasteiger partial charge on any atom is -0.480 e. The lowest BCUT2D eigenvalue weighted by molar-refractivity contribution is -0.141. The average molecular weight is 301 g/mol. The third-order valence-corrected chi connectivity index (χ3v) is 4.30. The summed E-state index contributed by atoms with van der Waals surface area (Å²) in [7, 11) is 0. The number of carboxylic acid groups (broad SMARTS) is 1. The normalized spacial score (nSPS) is 18.7. The second-order valence-electron chi connectivity index (χ2n) is 5.85. The monoisotopic (exact) mass is 301 g/mol. The summed E-state index contributed by atoms with van der Waals surface area (Å²) in [5, 5.41) is 13.7. The van der Waals surface area contributed by atoms with Crippen LogP contribution in [0.25, 0.3) is 0 Å². The quantitative estimate of drug-likeness (QED) is 0.939. The molecule has 0 bridgehead atoms. The van der Waals surface area contributed by atoms with Crippen LogP contribution in [0.3, 0.4) is 0 Å². The Labute approximate surface area is 128 Å². The molecule has 0 aliphatic carbocycles.